The molecule has 2 aromatic rings. The maximum atomic E-state index is 12.3. The minimum atomic E-state index is -1.03. The van der Waals surface area contributed by atoms with Gasteiger partial charge in [-0.25, -0.2) is 4.98 Å². The standard InChI is InChI=1S/C25H37N3O2S/c1-5-8-15-28(16-9-6-2)24(17-21(7-3)23-18-26-20-27-23)25(19-31(4)29)30-22-13-11-10-12-14-22/h10-14,17-18,20H,5-9,15-16,19H2,1-4H3,(H,26,27)/b21-17+,25-24-. The van der Waals surface area contributed by atoms with E-state index in [1.54, 1.807) is 12.6 Å². The second-order valence-electron chi connectivity index (χ2n) is 7.62. The van der Waals surface area contributed by atoms with Crippen molar-refractivity contribution in [2.24, 2.45) is 0 Å². The summed E-state index contributed by atoms with van der Waals surface area (Å²) in [6.07, 6.45) is 12.8. The van der Waals surface area contributed by atoms with Gasteiger partial charge < -0.3 is 14.6 Å². The number of hydrogen-bond donors (Lipinski definition) is 1. The smallest absolute Gasteiger partial charge is 0.140 e. The van der Waals surface area contributed by atoms with E-state index in [0.29, 0.717) is 5.75 Å². The first-order valence-corrected chi connectivity index (χ1v) is 13.0. The molecule has 6 heteroatoms. The number of allylic oxidation sites excluding steroid dienone is 2. The van der Waals surface area contributed by atoms with Gasteiger partial charge in [0.15, 0.2) is 0 Å². The van der Waals surface area contributed by atoms with Gasteiger partial charge in [-0.05, 0) is 43.0 Å². The Morgan fingerprint density at radius 3 is 2.32 bits per heavy atom. The predicted octanol–water partition coefficient (Wildman–Crippen LogP) is 5.77. The normalized spacial score (nSPS) is 13.6. The summed E-state index contributed by atoms with van der Waals surface area (Å²) < 4.78 is 18.7. The Balaban J connectivity index is 2.61. The molecule has 0 aliphatic carbocycles. The van der Waals surface area contributed by atoms with Crippen LogP contribution in [0.25, 0.3) is 5.57 Å². The van der Waals surface area contributed by atoms with E-state index in [2.05, 4.69) is 41.7 Å². The highest BCUT2D eigenvalue weighted by molar-refractivity contribution is 7.84. The van der Waals surface area contributed by atoms with Crippen LogP contribution in [0.4, 0.5) is 0 Å². The molecule has 170 valence electrons. The molecule has 2 rings (SSSR count). The van der Waals surface area contributed by atoms with E-state index >= 15 is 0 Å². The quantitative estimate of drug-likeness (QED) is 0.297. The zero-order valence-electron chi connectivity index (χ0n) is 19.4. The molecule has 0 aliphatic rings. The van der Waals surface area contributed by atoms with Gasteiger partial charge in [0.1, 0.15) is 11.5 Å². The monoisotopic (exact) mass is 443 g/mol. The Bertz CT molecular complexity index is 837. The molecule has 0 fully saturated rings. The first-order valence-electron chi connectivity index (χ1n) is 11.3. The first-order chi connectivity index (χ1) is 15.1. The van der Waals surface area contributed by atoms with Gasteiger partial charge in [-0.1, -0.05) is 51.8 Å². The van der Waals surface area contributed by atoms with Crippen molar-refractivity contribution < 1.29 is 8.95 Å². The Morgan fingerprint density at radius 2 is 1.81 bits per heavy atom. The number of H-pyrrole nitrogens is 1. The fourth-order valence-electron chi connectivity index (χ4n) is 3.34. The third-order valence-electron chi connectivity index (χ3n) is 5.04. The van der Waals surface area contributed by atoms with Crippen LogP contribution in [0.1, 0.15) is 58.6 Å². The van der Waals surface area contributed by atoms with Gasteiger partial charge in [0, 0.05) is 30.1 Å². The van der Waals surface area contributed by atoms with Crippen LogP contribution in [0.15, 0.2) is 60.4 Å². The van der Waals surface area contributed by atoms with Crippen LogP contribution in [0.3, 0.4) is 0 Å². The van der Waals surface area contributed by atoms with Crippen LogP contribution in [0.5, 0.6) is 5.75 Å². The molecule has 1 heterocycles. The lowest BCUT2D eigenvalue weighted by atomic mass is 10.1. The molecule has 1 aromatic carbocycles. The van der Waals surface area contributed by atoms with Crippen molar-refractivity contribution in [2.45, 2.75) is 52.9 Å². The summed E-state index contributed by atoms with van der Waals surface area (Å²) in [4.78, 5) is 9.83. The number of nitrogens with zero attached hydrogens (tertiary/aromatic N) is 2. The highest BCUT2D eigenvalue weighted by Crippen LogP contribution is 2.25. The van der Waals surface area contributed by atoms with Crippen LogP contribution in [0, 0.1) is 0 Å². The third-order valence-corrected chi connectivity index (χ3v) is 5.71. The van der Waals surface area contributed by atoms with Crippen molar-refractivity contribution in [1.82, 2.24) is 14.9 Å². The minimum absolute atomic E-state index is 0.370. The number of aromatic amines is 1. The summed E-state index contributed by atoms with van der Waals surface area (Å²) in [5.74, 6) is 1.89. The summed E-state index contributed by atoms with van der Waals surface area (Å²) in [6, 6.07) is 9.77. The third kappa shape index (κ3) is 8.37. The van der Waals surface area contributed by atoms with Crippen molar-refractivity contribution in [3.8, 4) is 5.75 Å². The summed E-state index contributed by atoms with van der Waals surface area (Å²) >= 11 is 0. The highest BCUT2D eigenvalue weighted by atomic mass is 32.2. The van der Waals surface area contributed by atoms with Crippen molar-refractivity contribution in [2.75, 3.05) is 25.1 Å². The molecular formula is C25H37N3O2S. The number of hydrogen-bond acceptors (Lipinski definition) is 4. The summed E-state index contributed by atoms with van der Waals surface area (Å²) in [6.45, 7) is 8.45. The number of rotatable bonds is 14. The predicted molar refractivity (Wildman–Crippen MR) is 131 cm³/mol. The lowest BCUT2D eigenvalue weighted by Crippen LogP contribution is -2.28. The lowest BCUT2D eigenvalue weighted by molar-refractivity contribution is 0.313. The fraction of sp³-hybridized carbons (Fsp3) is 0.480. The largest absolute Gasteiger partial charge is 0.459 e. The van der Waals surface area contributed by atoms with Gasteiger partial charge in [0.2, 0.25) is 0 Å². The second kappa shape index (κ2) is 13.9. The molecule has 1 atom stereocenters. The van der Waals surface area contributed by atoms with Crippen molar-refractivity contribution in [1.29, 1.82) is 0 Å². The van der Waals surface area contributed by atoms with Crippen LogP contribution in [-0.4, -0.2) is 44.2 Å². The van der Waals surface area contributed by atoms with Gasteiger partial charge in [0.25, 0.3) is 0 Å². The number of unbranched alkanes of at least 4 members (excludes halogenated alkanes) is 2. The molecule has 0 radical (unpaired) electrons. The van der Waals surface area contributed by atoms with Crippen LogP contribution < -0.4 is 4.74 Å². The van der Waals surface area contributed by atoms with Gasteiger partial charge in [-0.15, -0.1) is 0 Å². The summed E-state index contributed by atoms with van der Waals surface area (Å²) in [5, 5.41) is 0. The van der Waals surface area contributed by atoms with Gasteiger partial charge in [-0.2, -0.15) is 0 Å². The number of benzene rings is 1. The summed E-state index contributed by atoms with van der Waals surface area (Å²) in [7, 11) is -1.03. The molecule has 1 unspecified atom stereocenters. The van der Waals surface area contributed by atoms with Crippen molar-refractivity contribution >= 4 is 16.4 Å². The zero-order valence-corrected chi connectivity index (χ0v) is 20.2. The van der Waals surface area contributed by atoms with E-state index in [-0.39, 0.29) is 0 Å². The molecule has 5 nitrogen and oxygen atoms in total. The minimum Gasteiger partial charge on any atom is -0.459 e. The molecular weight excluding hydrogens is 406 g/mol. The zero-order chi connectivity index (χ0) is 22.5. The van der Waals surface area contributed by atoms with Crippen molar-refractivity contribution in [3.63, 3.8) is 0 Å². The van der Waals surface area contributed by atoms with Gasteiger partial charge in [0.05, 0.1) is 29.7 Å². The average molecular weight is 444 g/mol. The molecule has 31 heavy (non-hydrogen) atoms. The van der Waals surface area contributed by atoms with E-state index in [1.165, 1.54) is 0 Å². The SMILES string of the molecule is CCCCN(CCCC)C(/C=C(\CC)c1cnc[nH]1)=C(/CS(C)=O)Oc1ccccc1. The van der Waals surface area contributed by atoms with Crippen LogP contribution >= 0.6 is 0 Å². The maximum Gasteiger partial charge on any atom is 0.140 e. The molecule has 0 amide bonds. The Hall–Kier alpha value is -2.34. The van der Waals surface area contributed by atoms with Crippen molar-refractivity contribution in [3.05, 3.63) is 66.1 Å². The number of aromatic nitrogens is 2. The van der Waals surface area contributed by atoms with E-state index in [1.807, 2.05) is 36.5 Å². The average Bonchev–Trinajstić information content (AvgIpc) is 3.30. The molecule has 1 N–H and O–H groups in total. The molecule has 1 aromatic heterocycles. The first kappa shape index (κ1) is 24.9. The van der Waals surface area contributed by atoms with Crippen LogP contribution in [0.2, 0.25) is 0 Å². The number of ether oxygens (including phenoxy) is 1. The molecule has 0 bridgehead atoms. The number of para-hydroxylation sites is 1. The van der Waals surface area contributed by atoms with Gasteiger partial charge >= 0.3 is 0 Å². The molecule has 0 spiro atoms. The number of nitrogens with one attached hydrogen (secondary N) is 1. The van der Waals surface area contributed by atoms with Gasteiger partial charge in [-0.3, -0.25) is 4.21 Å². The maximum absolute atomic E-state index is 12.3. The Morgan fingerprint density at radius 1 is 1.13 bits per heavy atom. The molecule has 0 aliphatic heterocycles. The lowest BCUT2D eigenvalue weighted by Gasteiger charge is -2.29. The van der Waals surface area contributed by atoms with Crippen LogP contribution in [-0.2, 0) is 10.8 Å². The van der Waals surface area contributed by atoms with E-state index in [0.717, 1.165) is 73.7 Å². The Kier molecular flexibility index (Phi) is 11.1. The molecule has 0 saturated heterocycles. The Labute approximate surface area is 190 Å². The van der Waals surface area contributed by atoms with E-state index in [9.17, 15) is 4.21 Å². The van der Waals surface area contributed by atoms with E-state index < -0.39 is 10.8 Å². The van der Waals surface area contributed by atoms with E-state index in [4.69, 9.17) is 4.74 Å². The highest BCUT2D eigenvalue weighted by Gasteiger charge is 2.18. The number of imidazole rings is 1. The topological polar surface area (TPSA) is 58.2 Å². The second-order valence-corrected chi connectivity index (χ2v) is 9.06. The summed E-state index contributed by atoms with van der Waals surface area (Å²) in [5.41, 5.74) is 3.18. The molecule has 0 saturated carbocycles. The fourth-order valence-corrected chi connectivity index (χ4v) is 3.91.